The standard InChI is InChI=1S/C23H27N3O5/c1-4-30-23(29)31-20-11-7-18(8-12-20)22(28)26-15-13-25(14-16-26)21(27)17-5-9-19(10-6-17)24(2)3/h5-12H,4,13-16H2,1-3H3. The third kappa shape index (κ3) is 5.53. The Morgan fingerprint density at radius 1 is 0.806 bits per heavy atom. The van der Waals surface area contributed by atoms with Crippen LogP contribution >= 0.6 is 0 Å². The van der Waals surface area contributed by atoms with E-state index in [4.69, 9.17) is 9.47 Å². The molecule has 2 amide bonds. The molecule has 2 aromatic rings. The quantitative estimate of drug-likeness (QED) is 0.541. The van der Waals surface area contributed by atoms with Gasteiger partial charge in [-0.05, 0) is 55.5 Å². The zero-order chi connectivity index (χ0) is 22.4. The van der Waals surface area contributed by atoms with Crippen molar-refractivity contribution >= 4 is 23.7 Å². The Morgan fingerprint density at radius 3 is 1.68 bits per heavy atom. The van der Waals surface area contributed by atoms with Crippen LogP contribution in [0.15, 0.2) is 48.5 Å². The van der Waals surface area contributed by atoms with Gasteiger partial charge in [0.25, 0.3) is 11.8 Å². The SMILES string of the molecule is CCOC(=O)Oc1ccc(C(=O)N2CCN(C(=O)c3ccc(N(C)C)cc3)CC2)cc1. The number of amides is 2. The van der Waals surface area contributed by atoms with Gasteiger partial charge in [0.2, 0.25) is 0 Å². The number of anilines is 1. The van der Waals surface area contributed by atoms with E-state index in [2.05, 4.69) is 0 Å². The summed E-state index contributed by atoms with van der Waals surface area (Å²) in [6.45, 7) is 3.79. The molecular weight excluding hydrogens is 398 g/mol. The summed E-state index contributed by atoms with van der Waals surface area (Å²) < 4.78 is 9.73. The predicted octanol–water partition coefficient (Wildman–Crippen LogP) is 2.89. The lowest BCUT2D eigenvalue weighted by molar-refractivity contribution is 0.0535. The number of nitrogens with zero attached hydrogens (tertiary/aromatic N) is 3. The fourth-order valence-corrected chi connectivity index (χ4v) is 3.29. The van der Waals surface area contributed by atoms with Crippen molar-refractivity contribution in [3.8, 4) is 5.75 Å². The van der Waals surface area contributed by atoms with Crippen molar-refractivity contribution in [1.29, 1.82) is 0 Å². The van der Waals surface area contributed by atoms with Gasteiger partial charge in [-0.2, -0.15) is 0 Å². The van der Waals surface area contributed by atoms with Crippen molar-refractivity contribution in [3.63, 3.8) is 0 Å². The Labute approximate surface area is 181 Å². The Morgan fingerprint density at radius 2 is 1.26 bits per heavy atom. The summed E-state index contributed by atoms with van der Waals surface area (Å²) in [6, 6.07) is 13.8. The second-order valence-corrected chi connectivity index (χ2v) is 7.34. The second-order valence-electron chi connectivity index (χ2n) is 7.34. The third-order valence-electron chi connectivity index (χ3n) is 5.05. The Hall–Kier alpha value is -3.55. The van der Waals surface area contributed by atoms with E-state index < -0.39 is 6.16 Å². The van der Waals surface area contributed by atoms with Crippen molar-refractivity contribution in [2.45, 2.75) is 6.92 Å². The van der Waals surface area contributed by atoms with Crippen LogP contribution in [0.2, 0.25) is 0 Å². The van der Waals surface area contributed by atoms with Gasteiger partial charge in [0.15, 0.2) is 0 Å². The van der Waals surface area contributed by atoms with Crippen molar-refractivity contribution in [3.05, 3.63) is 59.7 Å². The van der Waals surface area contributed by atoms with Gasteiger partial charge in [-0.1, -0.05) is 0 Å². The molecule has 31 heavy (non-hydrogen) atoms. The zero-order valence-corrected chi connectivity index (χ0v) is 18.0. The maximum atomic E-state index is 12.8. The molecule has 8 heteroatoms. The molecule has 1 aliphatic rings. The first-order chi connectivity index (χ1) is 14.9. The van der Waals surface area contributed by atoms with Crippen LogP contribution in [-0.4, -0.2) is 74.7 Å². The molecule has 0 bridgehead atoms. The van der Waals surface area contributed by atoms with Crippen molar-refractivity contribution < 1.29 is 23.9 Å². The Kier molecular flexibility index (Phi) is 7.12. The molecule has 0 saturated carbocycles. The fourth-order valence-electron chi connectivity index (χ4n) is 3.29. The number of ether oxygens (including phenoxy) is 2. The van der Waals surface area contributed by atoms with E-state index in [1.165, 1.54) is 0 Å². The highest BCUT2D eigenvalue weighted by Gasteiger charge is 2.25. The third-order valence-corrected chi connectivity index (χ3v) is 5.05. The van der Waals surface area contributed by atoms with E-state index in [0.29, 0.717) is 43.1 Å². The van der Waals surface area contributed by atoms with Gasteiger partial charge in [-0.3, -0.25) is 9.59 Å². The van der Waals surface area contributed by atoms with Gasteiger partial charge in [0.05, 0.1) is 6.61 Å². The average Bonchev–Trinajstić information content (AvgIpc) is 2.79. The molecule has 1 heterocycles. The molecule has 1 fully saturated rings. The van der Waals surface area contributed by atoms with Crippen LogP contribution in [-0.2, 0) is 4.74 Å². The molecule has 164 valence electrons. The zero-order valence-electron chi connectivity index (χ0n) is 18.0. The first-order valence-electron chi connectivity index (χ1n) is 10.2. The number of benzene rings is 2. The number of carbonyl (C=O) groups is 3. The van der Waals surface area contributed by atoms with Gasteiger partial charge in [-0.15, -0.1) is 0 Å². The number of hydrogen-bond acceptors (Lipinski definition) is 6. The first kappa shape index (κ1) is 22.1. The summed E-state index contributed by atoms with van der Waals surface area (Å²) in [5, 5.41) is 0. The topological polar surface area (TPSA) is 79.4 Å². The minimum atomic E-state index is -0.779. The highest BCUT2D eigenvalue weighted by Crippen LogP contribution is 2.17. The minimum Gasteiger partial charge on any atom is -0.434 e. The maximum Gasteiger partial charge on any atom is 0.513 e. The smallest absolute Gasteiger partial charge is 0.434 e. The minimum absolute atomic E-state index is 0.0297. The molecule has 0 aliphatic carbocycles. The lowest BCUT2D eigenvalue weighted by Gasteiger charge is -2.35. The molecule has 0 unspecified atom stereocenters. The second kappa shape index (κ2) is 9.97. The van der Waals surface area contributed by atoms with Crippen LogP contribution in [0.5, 0.6) is 5.75 Å². The van der Waals surface area contributed by atoms with Gasteiger partial charge in [-0.25, -0.2) is 4.79 Å². The largest absolute Gasteiger partial charge is 0.513 e. The molecule has 1 saturated heterocycles. The van der Waals surface area contributed by atoms with Crippen LogP contribution in [0.4, 0.5) is 10.5 Å². The van der Waals surface area contributed by atoms with E-state index in [0.717, 1.165) is 5.69 Å². The van der Waals surface area contributed by atoms with Crippen LogP contribution in [0, 0.1) is 0 Å². The Balaban J connectivity index is 1.54. The molecular formula is C23H27N3O5. The molecule has 8 nitrogen and oxygen atoms in total. The summed E-state index contributed by atoms with van der Waals surface area (Å²) in [4.78, 5) is 42.4. The monoisotopic (exact) mass is 425 g/mol. The van der Waals surface area contributed by atoms with E-state index in [9.17, 15) is 14.4 Å². The molecule has 0 N–H and O–H groups in total. The van der Waals surface area contributed by atoms with Gasteiger partial charge in [0, 0.05) is 57.1 Å². The molecule has 0 radical (unpaired) electrons. The Bertz CT molecular complexity index is 917. The predicted molar refractivity (Wildman–Crippen MR) is 117 cm³/mol. The van der Waals surface area contributed by atoms with E-state index >= 15 is 0 Å². The number of carbonyl (C=O) groups excluding carboxylic acids is 3. The number of piperazine rings is 1. The van der Waals surface area contributed by atoms with Crippen molar-refractivity contribution in [2.24, 2.45) is 0 Å². The molecule has 3 rings (SSSR count). The molecule has 0 atom stereocenters. The highest BCUT2D eigenvalue weighted by molar-refractivity contribution is 5.96. The number of rotatable bonds is 5. The summed E-state index contributed by atoms with van der Waals surface area (Å²) in [7, 11) is 3.90. The van der Waals surface area contributed by atoms with Crippen LogP contribution in [0.1, 0.15) is 27.6 Å². The van der Waals surface area contributed by atoms with Gasteiger partial charge < -0.3 is 24.2 Å². The normalized spacial score (nSPS) is 13.5. The molecule has 0 aromatic heterocycles. The summed E-state index contributed by atoms with van der Waals surface area (Å²) in [5.74, 6) is 0.161. The highest BCUT2D eigenvalue weighted by atomic mass is 16.7. The van der Waals surface area contributed by atoms with E-state index in [-0.39, 0.29) is 18.4 Å². The fraction of sp³-hybridized carbons (Fsp3) is 0.348. The van der Waals surface area contributed by atoms with Gasteiger partial charge >= 0.3 is 6.16 Å². The van der Waals surface area contributed by atoms with Crippen LogP contribution in [0.25, 0.3) is 0 Å². The van der Waals surface area contributed by atoms with Crippen LogP contribution < -0.4 is 9.64 Å². The molecule has 0 spiro atoms. The van der Waals surface area contributed by atoms with E-state index in [1.54, 1.807) is 41.0 Å². The van der Waals surface area contributed by atoms with Crippen molar-refractivity contribution in [2.75, 3.05) is 51.8 Å². The first-order valence-corrected chi connectivity index (χ1v) is 10.2. The lowest BCUT2D eigenvalue weighted by Crippen LogP contribution is -2.50. The number of hydrogen-bond donors (Lipinski definition) is 0. The summed E-state index contributed by atoms with van der Waals surface area (Å²) in [5.41, 5.74) is 2.17. The summed E-state index contributed by atoms with van der Waals surface area (Å²) >= 11 is 0. The lowest BCUT2D eigenvalue weighted by atomic mass is 10.1. The summed E-state index contributed by atoms with van der Waals surface area (Å²) in [6.07, 6.45) is -0.779. The van der Waals surface area contributed by atoms with E-state index in [1.807, 2.05) is 43.3 Å². The molecule has 1 aliphatic heterocycles. The maximum absolute atomic E-state index is 12.8. The molecule has 2 aromatic carbocycles. The van der Waals surface area contributed by atoms with Gasteiger partial charge in [0.1, 0.15) is 5.75 Å². The van der Waals surface area contributed by atoms with Crippen molar-refractivity contribution in [1.82, 2.24) is 9.80 Å². The van der Waals surface area contributed by atoms with Crippen LogP contribution in [0.3, 0.4) is 0 Å². The average molecular weight is 425 g/mol.